The molecule has 1 aliphatic rings. The van der Waals surface area contributed by atoms with E-state index in [9.17, 15) is 0 Å². The van der Waals surface area contributed by atoms with Crippen molar-refractivity contribution in [1.29, 1.82) is 0 Å². The highest BCUT2D eigenvalue weighted by Gasteiger charge is 2.29. The zero-order valence-corrected chi connectivity index (χ0v) is 10.4. The summed E-state index contributed by atoms with van der Waals surface area (Å²) in [6.07, 6.45) is 1.64. The largest absolute Gasteiger partial charge is 0.364 e. The van der Waals surface area contributed by atoms with Crippen LogP contribution in [-0.2, 0) is 6.54 Å². The second kappa shape index (κ2) is 4.55. The molecule has 4 heteroatoms. The third kappa shape index (κ3) is 2.83. The maximum Gasteiger partial charge on any atom is 0.124 e. The standard InChI is InChI=1S/C12H21N3O/c1-12(2,3)11-9-15(6-5-13-11)8-10-4-7-16-14-10/h4,7,11,13H,5-6,8-9H2,1-3H3. The number of hydrogen-bond acceptors (Lipinski definition) is 4. The summed E-state index contributed by atoms with van der Waals surface area (Å²) in [5.74, 6) is 0. The molecule has 1 aromatic heterocycles. The van der Waals surface area contributed by atoms with Crippen LogP contribution in [0, 0.1) is 5.41 Å². The van der Waals surface area contributed by atoms with E-state index in [-0.39, 0.29) is 0 Å². The number of nitrogens with zero attached hydrogens (tertiary/aromatic N) is 2. The molecule has 16 heavy (non-hydrogen) atoms. The summed E-state index contributed by atoms with van der Waals surface area (Å²) in [4.78, 5) is 2.43. The smallest absolute Gasteiger partial charge is 0.124 e. The first-order valence-electron chi connectivity index (χ1n) is 5.91. The van der Waals surface area contributed by atoms with E-state index in [1.165, 1.54) is 0 Å². The first kappa shape index (κ1) is 11.6. The van der Waals surface area contributed by atoms with Crippen LogP contribution in [0.1, 0.15) is 26.5 Å². The van der Waals surface area contributed by atoms with Crippen molar-refractivity contribution in [3.63, 3.8) is 0 Å². The lowest BCUT2D eigenvalue weighted by Gasteiger charge is -2.40. The Bertz CT molecular complexity index is 316. The quantitative estimate of drug-likeness (QED) is 0.825. The zero-order chi connectivity index (χ0) is 11.6. The van der Waals surface area contributed by atoms with Gasteiger partial charge in [-0.25, -0.2) is 0 Å². The fourth-order valence-corrected chi connectivity index (χ4v) is 2.08. The van der Waals surface area contributed by atoms with E-state index in [2.05, 4.69) is 36.1 Å². The molecule has 1 aromatic rings. The SMILES string of the molecule is CC(C)(C)C1CN(Cc2ccon2)CCN1. The van der Waals surface area contributed by atoms with Gasteiger partial charge < -0.3 is 9.84 Å². The van der Waals surface area contributed by atoms with Crippen LogP contribution >= 0.6 is 0 Å². The molecule has 0 radical (unpaired) electrons. The van der Waals surface area contributed by atoms with Gasteiger partial charge in [-0.05, 0) is 5.41 Å². The van der Waals surface area contributed by atoms with Crippen molar-refractivity contribution in [2.45, 2.75) is 33.4 Å². The van der Waals surface area contributed by atoms with Crippen LogP contribution in [-0.4, -0.2) is 35.7 Å². The minimum Gasteiger partial charge on any atom is -0.364 e. The molecule has 1 N–H and O–H groups in total. The Morgan fingerprint density at radius 3 is 3.00 bits per heavy atom. The second-order valence-corrected chi connectivity index (χ2v) is 5.60. The van der Waals surface area contributed by atoms with E-state index in [1.807, 2.05) is 6.07 Å². The fraction of sp³-hybridized carbons (Fsp3) is 0.750. The maximum atomic E-state index is 4.86. The lowest BCUT2D eigenvalue weighted by Crippen LogP contribution is -2.55. The van der Waals surface area contributed by atoms with Crippen LogP contribution in [0.25, 0.3) is 0 Å². The molecule has 2 heterocycles. The van der Waals surface area contributed by atoms with E-state index in [1.54, 1.807) is 6.26 Å². The molecule has 0 saturated carbocycles. The maximum absolute atomic E-state index is 4.86. The normalized spacial score (nSPS) is 23.6. The van der Waals surface area contributed by atoms with Gasteiger partial charge in [0.2, 0.25) is 0 Å². The highest BCUT2D eigenvalue weighted by Crippen LogP contribution is 2.22. The lowest BCUT2D eigenvalue weighted by molar-refractivity contribution is 0.127. The summed E-state index contributed by atoms with van der Waals surface area (Å²) in [7, 11) is 0. The number of piperazine rings is 1. The van der Waals surface area contributed by atoms with Gasteiger partial charge in [-0.3, -0.25) is 4.90 Å². The molecule has 1 saturated heterocycles. The number of aromatic nitrogens is 1. The van der Waals surface area contributed by atoms with Gasteiger partial charge >= 0.3 is 0 Å². The molecule has 1 fully saturated rings. The van der Waals surface area contributed by atoms with E-state index in [4.69, 9.17) is 4.52 Å². The number of nitrogens with one attached hydrogen (secondary N) is 1. The highest BCUT2D eigenvalue weighted by atomic mass is 16.5. The topological polar surface area (TPSA) is 41.3 Å². The van der Waals surface area contributed by atoms with Gasteiger partial charge in [0, 0.05) is 38.3 Å². The van der Waals surface area contributed by atoms with Gasteiger partial charge in [0.05, 0.1) is 5.69 Å². The Labute approximate surface area is 97.0 Å². The van der Waals surface area contributed by atoms with Crippen molar-refractivity contribution in [3.05, 3.63) is 18.0 Å². The van der Waals surface area contributed by atoms with Crippen LogP contribution in [0.4, 0.5) is 0 Å². The zero-order valence-electron chi connectivity index (χ0n) is 10.4. The minimum absolute atomic E-state index is 0.308. The third-order valence-electron chi connectivity index (χ3n) is 3.18. The molecule has 0 aliphatic carbocycles. The minimum atomic E-state index is 0.308. The Balaban J connectivity index is 1.92. The van der Waals surface area contributed by atoms with Crippen molar-refractivity contribution in [1.82, 2.24) is 15.4 Å². The van der Waals surface area contributed by atoms with Gasteiger partial charge in [0.1, 0.15) is 6.26 Å². The molecule has 1 atom stereocenters. The van der Waals surface area contributed by atoms with Gasteiger partial charge in [0.15, 0.2) is 0 Å². The fourth-order valence-electron chi connectivity index (χ4n) is 2.08. The average Bonchev–Trinajstić information content (AvgIpc) is 2.70. The van der Waals surface area contributed by atoms with E-state index < -0.39 is 0 Å². The van der Waals surface area contributed by atoms with E-state index in [0.717, 1.165) is 31.9 Å². The molecule has 4 nitrogen and oxygen atoms in total. The van der Waals surface area contributed by atoms with E-state index in [0.29, 0.717) is 11.5 Å². The Morgan fingerprint density at radius 2 is 2.38 bits per heavy atom. The highest BCUT2D eigenvalue weighted by molar-refractivity contribution is 4.97. The monoisotopic (exact) mass is 223 g/mol. The van der Waals surface area contributed by atoms with Crippen molar-refractivity contribution in [2.75, 3.05) is 19.6 Å². The molecular formula is C12H21N3O. The van der Waals surface area contributed by atoms with Gasteiger partial charge in [-0.1, -0.05) is 25.9 Å². The van der Waals surface area contributed by atoms with Gasteiger partial charge in [-0.2, -0.15) is 0 Å². The van der Waals surface area contributed by atoms with Crippen molar-refractivity contribution < 1.29 is 4.52 Å². The summed E-state index contributed by atoms with van der Waals surface area (Å²) in [5.41, 5.74) is 1.33. The van der Waals surface area contributed by atoms with Crippen LogP contribution in [0.3, 0.4) is 0 Å². The molecule has 2 rings (SSSR count). The second-order valence-electron chi connectivity index (χ2n) is 5.60. The lowest BCUT2D eigenvalue weighted by atomic mass is 9.85. The molecule has 1 aliphatic heterocycles. The summed E-state index contributed by atoms with van der Waals surface area (Å²) in [5, 5.41) is 7.54. The summed E-state index contributed by atoms with van der Waals surface area (Å²) < 4.78 is 4.86. The molecule has 0 spiro atoms. The first-order valence-corrected chi connectivity index (χ1v) is 5.91. The van der Waals surface area contributed by atoms with Crippen molar-refractivity contribution >= 4 is 0 Å². The van der Waals surface area contributed by atoms with Crippen LogP contribution in [0.5, 0.6) is 0 Å². The van der Waals surface area contributed by atoms with Gasteiger partial charge in [-0.15, -0.1) is 0 Å². The molecule has 0 amide bonds. The summed E-state index contributed by atoms with van der Waals surface area (Å²) in [6.45, 7) is 11.0. The average molecular weight is 223 g/mol. The van der Waals surface area contributed by atoms with Crippen LogP contribution in [0.15, 0.2) is 16.9 Å². The first-order chi connectivity index (χ1) is 7.55. The van der Waals surface area contributed by atoms with E-state index >= 15 is 0 Å². The Kier molecular flexibility index (Phi) is 3.30. The molecule has 90 valence electrons. The number of hydrogen-bond donors (Lipinski definition) is 1. The van der Waals surface area contributed by atoms with Gasteiger partial charge in [0.25, 0.3) is 0 Å². The Morgan fingerprint density at radius 1 is 1.56 bits per heavy atom. The molecule has 1 unspecified atom stereocenters. The van der Waals surface area contributed by atoms with Crippen LogP contribution < -0.4 is 5.32 Å². The van der Waals surface area contributed by atoms with Crippen LogP contribution in [0.2, 0.25) is 0 Å². The van der Waals surface area contributed by atoms with Crippen molar-refractivity contribution in [2.24, 2.45) is 5.41 Å². The summed E-state index contributed by atoms with van der Waals surface area (Å²) >= 11 is 0. The summed E-state index contributed by atoms with van der Waals surface area (Å²) in [6, 6.07) is 2.49. The molecule has 0 bridgehead atoms. The van der Waals surface area contributed by atoms with Crippen molar-refractivity contribution in [3.8, 4) is 0 Å². The predicted molar refractivity (Wildman–Crippen MR) is 63.0 cm³/mol. The molecule has 0 aromatic carbocycles. The third-order valence-corrected chi connectivity index (χ3v) is 3.18. The predicted octanol–water partition coefficient (Wildman–Crippen LogP) is 1.49. The molecular weight excluding hydrogens is 202 g/mol. The Hall–Kier alpha value is -0.870. The number of rotatable bonds is 2.